The summed E-state index contributed by atoms with van der Waals surface area (Å²) >= 11 is 24.7. The molecule has 0 bridgehead atoms. The first kappa shape index (κ1) is 28.2. The molecule has 1 N–H and O–H groups in total. The Bertz CT molecular complexity index is 1530. The van der Waals surface area contributed by atoms with Gasteiger partial charge in [0.05, 0.1) is 17.1 Å². The van der Waals surface area contributed by atoms with Gasteiger partial charge in [0.25, 0.3) is 0 Å². The van der Waals surface area contributed by atoms with Crippen molar-refractivity contribution in [2.45, 2.75) is 11.4 Å². The Morgan fingerprint density at radius 3 is 2.08 bits per heavy atom. The van der Waals surface area contributed by atoms with E-state index in [9.17, 15) is 13.2 Å². The van der Waals surface area contributed by atoms with Crippen LogP contribution in [0.1, 0.15) is 5.56 Å². The Labute approximate surface area is 240 Å². The molecule has 0 heterocycles. The van der Waals surface area contributed by atoms with Gasteiger partial charge in [-0.05, 0) is 66.7 Å². The van der Waals surface area contributed by atoms with Crippen LogP contribution in [0.2, 0.25) is 20.1 Å². The lowest BCUT2D eigenvalue weighted by Gasteiger charge is -2.23. The Balaban J connectivity index is 1.64. The third-order valence-corrected chi connectivity index (χ3v) is 8.36. The van der Waals surface area contributed by atoms with E-state index in [4.69, 9.17) is 51.1 Å². The van der Waals surface area contributed by atoms with Crippen LogP contribution in [0.3, 0.4) is 0 Å². The maximum atomic E-state index is 13.6. The molecular weight excluding hydrogens is 590 g/mol. The monoisotopic (exact) mass is 608 g/mol. The number of ether oxygens (including phenoxy) is 1. The van der Waals surface area contributed by atoms with Crippen LogP contribution in [0.15, 0.2) is 95.9 Å². The second kappa shape index (κ2) is 12.4. The van der Waals surface area contributed by atoms with Gasteiger partial charge in [-0.2, -0.15) is 4.31 Å². The van der Waals surface area contributed by atoms with Crippen LogP contribution in [-0.4, -0.2) is 25.2 Å². The van der Waals surface area contributed by atoms with Crippen LogP contribution in [0.5, 0.6) is 11.5 Å². The fourth-order valence-electron chi connectivity index (χ4n) is 3.50. The number of benzene rings is 4. The topological polar surface area (TPSA) is 75.7 Å². The molecule has 0 fully saturated rings. The van der Waals surface area contributed by atoms with Crippen molar-refractivity contribution in [2.24, 2.45) is 0 Å². The van der Waals surface area contributed by atoms with E-state index in [1.54, 1.807) is 42.5 Å². The normalized spacial score (nSPS) is 11.4. The van der Waals surface area contributed by atoms with Gasteiger partial charge in [0.15, 0.2) is 5.75 Å². The van der Waals surface area contributed by atoms with Crippen LogP contribution >= 0.6 is 46.4 Å². The minimum Gasteiger partial charge on any atom is -0.455 e. The summed E-state index contributed by atoms with van der Waals surface area (Å²) in [4.78, 5) is 13.2. The van der Waals surface area contributed by atoms with Crippen molar-refractivity contribution in [1.82, 2.24) is 4.31 Å². The number of anilines is 1. The average Bonchev–Trinajstić information content (AvgIpc) is 2.88. The lowest BCUT2D eigenvalue weighted by atomic mass is 10.2. The van der Waals surface area contributed by atoms with Gasteiger partial charge in [-0.1, -0.05) is 70.7 Å². The number of rotatable bonds is 9. The van der Waals surface area contributed by atoms with Gasteiger partial charge in [0.1, 0.15) is 5.75 Å². The molecule has 4 rings (SSSR count). The highest BCUT2D eigenvalue weighted by atomic mass is 35.5. The molecule has 0 atom stereocenters. The van der Waals surface area contributed by atoms with E-state index in [1.807, 2.05) is 18.2 Å². The van der Waals surface area contributed by atoms with Crippen LogP contribution in [0.4, 0.5) is 5.69 Å². The molecule has 0 aliphatic carbocycles. The smallest absolute Gasteiger partial charge is 0.243 e. The fourth-order valence-corrected chi connectivity index (χ4v) is 5.68. The number of halogens is 4. The molecule has 0 saturated carbocycles. The van der Waals surface area contributed by atoms with E-state index in [-0.39, 0.29) is 27.2 Å². The van der Waals surface area contributed by atoms with E-state index in [1.165, 1.54) is 30.3 Å². The van der Waals surface area contributed by atoms with Crippen molar-refractivity contribution in [2.75, 3.05) is 11.9 Å². The quantitative estimate of drug-likeness (QED) is 0.209. The van der Waals surface area contributed by atoms with Gasteiger partial charge in [0, 0.05) is 32.2 Å². The number of carbonyl (C=O) groups excluding carboxylic acids is 1. The van der Waals surface area contributed by atoms with Crippen molar-refractivity contribution < 1.29 is 17.9 Å². The lowest BCUT2D eigenvalue weighted by molar-refractivity contribution is -0.116. The maximum Gasteiger partial charge on any atom is 0.243 e. The second-order valence-electron chi connectivity index (χ2n) is 8.03. The van der Waals surface area contributed by atoms with Crippen molar-refractivity contribution in [3.05, 3.63) is 117 Å². The molecular formula is C27H20Cl4N2O4S. The largest absolute Gasteiger partial charge is 0.455 e. The Morgan fingerprint density at radius 2 is 1.42 bits per heavy atom. The van der Waals surface area contributed by atoms with E-state index >= 15 is 0 Å². The summed E-state index contributed by atoms with van der Waals surface area (Å²) in [5.74, 6) is 0.242. The molecule has 6 nitrogen and oxygen atoms in total. The third kappa shape index (κ3) is 6.99. The third-order valence-electron chi connectivity index (χ3n) is 5.35. The predicted octanol–water partition coefficient (Wildman–Crippen LogP) is 7.92. The summed E-state index contributed by atoms with van der Waals surface area (Å²) in [5, 5.41) is 3.97. The van der Waals surface area contributed by atoms with E-state index in [0.29, 0.717) is 27.1 Å². The van der Waals surface area contributed by atoms with Crippen LogP contribution in [-0.2, 0) is 21.4 Å². The lowest BCUT2D eigenvalue weighted by Crippen LogP contribution is -2.37. The number of para-hydroxylation sites is 1. The van der Waals surface area contributed by atoms with Crippen molar-refractivity contribution in [3.63, 3.8) is 0 Å². The van der Waals surface area contributed by atoms with E-state index < -0.39 is 22.5 Å². The number of carbonyl (C=O) groups is 1. The molecule has 1 amide bonds. The zero-order chi connectivity index (χ0) is 27.3. The van der Waals surface area contributed by atoms with Crippen molar-refractivity contribution >= 4 is 68.0 Å². The molecule has 4 aromatic rings. The fraction of sp³-hybridized carbons (Fsp3) is 0.0741. The average molecular weight is 610 g/mol. The molecule has 0 aliphatic rings. The van der Waals surface area contributed by atoms with Crippen molar-refractivity contribution in [1.29, 1.82) is 0 Å². The summed E-state index contributed by atoms with van der Waals surface area (Å²) in [6.45, 7) is -0.802. The number of hydrogen-bond donors (Lipinski definition) is 1. The second-order valence-corrected chi connectivity index (χ2v) is 11.7. The van der Waals surface area contributed by atoms with E-state index in [2.05, 4.69) is 5.32 Å². The van der Waals surface area contributed by atoms with Gasteiger partial charge < -0.3 is 10.1 Å². The molecule has 196 valence electrons. The molecule has 0 radical (unpaired) electrons. The molecule has 0 saturated heterocycles. The van der Waals surface area contributed by atoms with Crippen LogP contribution < -0.4 is 10.1 Å². The van der Waals surface area contributed by atoms with Gasteiger partial charge in [-0.15, -0.1) is 0 Å². The number of hydrogen-bond acceptors (Lipinski definition) is 4. The summed E-state index contributed by atoms with van der Waals surface area (Å²) in [7, 11) is -4.16. The SMILES string of the molecule is O=C(CN(Cc1c(Cl)cccc1Cl)S(=O)(=O)c1ccc(Cl)cc1)Nc1cc(Cl)ccc1Oc1ccccc1. The van der Waals surface area contributed by atoms with Crippen molar-refractivity contribution in [3.8, 4) is 11.5 Å². The zero-order valence-corrected chi connectivity index (χ0v) is 23.4. The van der Waals surface area contributed by atoms with Gasteiger partial charge in [-0.25, -0.2) is 8.42 Å². The molecule has 0 unspecified atom stereocenters. The molecule has 0 spiro atoms. The minimum absolute atomic E-state index is 0.0475. The minimum atomic E-state index is -4.16. The first-order chi connectivity index (χ1) is 18.1. The van der Waals surface area contributed by atoms with Gasteiger partial charge >= 0.3 is 0 Å². The highest BCUT2D eigenvalue weighted by Crippen LogP contribution is 2.33. The van der Waals surface area contributed by atoms with Gasteiger partial charge in [0.2, 0.25) is 15.9 Å². The molecule has 0 aliphatic heterocycles. The highest BCUT2D eigenvalue weighted by Gasteiger charge is 2.29. The molecule has 0 aromatic heterocycles. The maximum absolute atomic E-state index is 13.6. The molecule has 11 heteroatoms. The summed E-state index contributed by atoms with van der Waals surface area (Å²) in [6.07, 6.45) is 0. The van der Waals surface area contributed by atoms with E-state index in [0.717, 1.165) is 4.31 Å². The summed E-state index contributed by atoms with van der Waals surface area (Å²) < 4.78 is 34.1. The number of nitrogens with zero attached hydrogens (tertiary/aromatic N) is 1. The molecule has 38 heavy (non-hydrogen) atoms. The van der Waals surface area contributed by atoms with Crippen LogP contribution in [0.25, 0.3) is 0 Å². The Kier molecular flexibility index (Phi) is 9.20. The van der Waals surface area contributed by atoms with Gasteiger partial charge in [-0.3, -0.25) is 4.79 Å². The standard InChI is InChI=1S/C27H20Cl4N2O4S/c28-18-9-12-21(13-10-18)38(35,36)33(16-22-23(30)7-4-8-24(22)31)17-27(34)32-25-15-19(29)11-14-26(25)37-20-5-2-1-3-6-20/h1-15H,16-17H2,(H,32,34). The number of nitrogens with one attached hydrogen (secondary N) is 1. The zero-order valence-electron chi connectivity index (χ0n) is 19.6. The first-order valence-corrected chi connectivity index (χ1v) is 14.1. The predicted molar refractivity (Wildman–Crippen MR) is 152 cm³/mol. The Hall–Kier alpha value is -2.78. The number of amides is 1. The Morgan fingerprint density at radius 1 is 0.789 bits per heavy atom. The summed E-state index contributed by atoms with van der Waals surface area (Å²) in [6, 6.07) is 24.2. The first-order valence-electron chi connectivity index (χ1n) is 11.1. The van der Waals surface area contributed by atoms with Crippen LogP contribution in [0, 0.1) is 0 Å². The highest BCUT2D eigenvalue weighted by molar-refractivity contribution is 7.89. The number of sulfonamides is 1. The molecule has 4 aromatic carbocycles. The summed E-state index contributed by atoms with van der Waals surface area (Å²) in [5.41, 5.74) is 0.628.